The highest BCUT2D eigenvalue weighted by Crippen LogP contribution is 2.33. The lowest BCUT2D eigenvalue weighted by atomic mass is 9.78. The molecule has 0 saturated heterocycles. The van der Waals surface area contributed by atoms with Crippen LogP contribution in [0.15, 0.2) is 48.5 Å². The van der Waals surface area contributed by atoms with Crippen molar-refractivity contribution < 1.29 is 9.47 Å². The van der Waals surface area contributed by atoms with Gasteiger partial charge in [-0.25, -0.2) is 0 Å². The molecule has 0 N–H and O–H groups in total. The average molecular weight is 374 g/mol. The Hall–Kier alpha value is -1.98. The predicted molar refractivity (Wildman–Crippen MR) is 111 cm³/mol. The van der Waals surface area contributed by atoms with Crippen molar-refractivity contribution in [3.8, 4) is 11.5 Å². The van der Waals surface area contributed by atoms with Crippen LogP contribution in [-0.4, -0.2) is 29.2 Å². The first-order chi connectivity index (χ1) is 11.7. The number of nitrogens with zero attached hydrogens (tertiary/aromatic N) is 1. The third kappa shape index (κ3) is 5.00. The van der Waals surface area contributed by atoms with Crippen LogP contribution in [0.25, 0.3) is 0 Å². The Morgan fingerprint density at radius 1 is 0.800 bits per heavy atom. The molecule has 0 aliphatic rings. The molecule has 0 spiro atoms. The minimum absolute atomic E-state index is 0.147. The first kappa shape index (κ1) is 19.3. The average Bonchev–Trinajstić information content (AvgIpc) is 2.55. The lowest BCUT2D eigenvalue weighted by Gasteiger charge is -2.26. The lowest BCUT2D eigenvalue weighted by molar-refractivity contribution is 0.449. The van der Waals surface area contributed by atoms with Crippen LogP contribution in [0.4, 0.5) is 0 Å². The normalized spacial score (nSPS) is 10.9. The zero-order chi connectivity index (χ0) is 18.6. The van der Waals surface area contributed by atoms with Crippen molar-refractivity contribution in [3.05, 3.63) is 59.7 Å². The van der Waals surface area contributed by atoms with Crippen molar-refractivity contribution >= 4 is 34.7 Å². The zero-order valence-electron chi connectivity index (χ0n) is 15.2. The van der Waals surface area contributed by atoms with E-state index in [1.54, 1.807) is 11.8 Å². The molecule has 0 unspecified atom stereocenters. The van der Waals surface area contributed by atoms with E-state index in [1.807, 2.05) is 38.4 Å². The number of hydrogen-bond acceptors (Lipinski definition) is 4. The van der Waals surface area contributed by atoms with E-state index in [0.717, 1.165) is 11.5 Å². The van der Waals surface area contributed by atoms with E-state index in [4.69, 9.17) is 33.9 Å². The van der Waals surface area contributed by atoms with Crippen molar-refractivity contribution in [2.75, 3.05) is 14.1 Å². The van der Waals surface area contributed by atoms with Gasteiger partial charge in [0.15, 0.2) is 5.05 Å². The summed E-state index contributed by atoms with van der Waals surface area (Å²) in [5.41, 5.74) is 2.24. The zero-order valence-corrected chi connectivity index (χ0v) is 16.8. The molecule has 2 aromatic carbocycles. The molecular weight excluding hydrogens is 350 g/mol. The SMILES string of the molecule is CC(=S)Oc1ccc(C(C)(C)c2ccc(OC(=S)N(C)C)cc2)cc1. The quantitative estimate of drug-likeness (QED) is 0.704. The third-order valence-electron chi connectivity index (χ3n) is 3.98. The summed E-state index contributed by atoms with van der Waals surface area (Å²) in [6, 6.07) is 16.1. The molecule has 0 amide bonds. The van der Waals surface area contributed by atoms with E-state index in [9.17, 15) is 0 Å². The molecule has 2 aromatic rings. The fourth-order valence-corrected chi connectivity index (χ4v) is 2.60. The van der Waals surface area contributed by atoms with Crippen molar-refractivity contribution in [1.82, 2.24) is 4.90 Å². The van der Waals surface area contributed by atoms with Crippen LogP contribution in [0.5, 0.6) is 11.5 Å². The van der Waals surface area contributed by atoms with Crippen LogP contribution in [0.1, 0.15) is 31.9 Å². The number of ether oxygens (including phenoxy) is 2. The molecule has 0 saturated carbocycles. The molecule has 0 aliphatic heterocycles. The van der Waals surface area contributed by atoms with Gasteiger partial charge in [0.05, 0.1) is 0 Å². The Balaban J connectivity index is 2.18. The maximum atomic E-state index is 5.63. The molecule has 0 radical (unpaired) electrons. The molecule has 0 heterocycles. The van der Waals surface area contributed by atoms with Gasteiger partial charge in [0.25, 0.3) is 5.17 Å². The Morgan fingerprint density at radius 2 is 1.20 bits per heavy atom. The van der Waals surface area contributed by atoms with Crippen molar-refractivity contribution in [2.45, 2.75) is 26.2 Å². The fraction of sp³-hybridized carbons (Fsp3) is 0.300. The van der Waals surface area contributed by atoms with Gasteiger partial charge in [0.1, 0.15) is 11.5 Å². The summed E-state index contributed by atoms with van der Waals surface area (Å²) in [6.45, 7) is 6.14. The molecule has 2 rings (SSSR count). The molecule has 5 heteroatoms. The smallest absolute Gasteiger partial charge is 0.264 e. The monoisotopic (exact) mass is 373 g/mol. The third-order valence-corrected chi connectivity index (χ3v) is 4.52. The Kier molecular flexibility index (Phi) is 6.14. The molecule has 0 fully saturated rings. The van der Waals surface area contributed by atoms with Gasteiger partial charge in [0, 0.05) is 26.4 Å². The van der Waals surface area contributed by atoms with Gasteiger partial charge in [-0.2, -0.15) is 0 Å². The van der Waals surface area contributed by atoms with Gasteiger partial charge in [-0.1, -0.05) is 38.1 Å². The number of benzene rings is 2. The molecule has 0 bridgehead atoms. The molecule has 0 aromatic heterocycles. The second-order valence-electron chi connectivity index (χ2n) is 6.53. The fourth-order valence-electron chi connectivity index (χ4n) is 2.40. The molecule has 132 valence electrons. The van der Waals surface area contributed by atoms with Crippen LogP contribution >= 0.6 is 24.4 Å². The first-order valence-electron chi connectivity index (χ1n) is 7.99. The second kappa shape index (κ2) is 7.93. The summed E-state index contributed by atoms with van der Waals surface area (Å²) in [6.07, 6.45) is 0. The predicted octanol–water partition coefficient (Wildman–Crippen LogP) is 4.96. The maximum Gasteiger partial charge on any atom is 0.264 e. The van der Waals surface area contributed by atoms with E-state index in [-0.39, 0.29) is 5.41 Å². The van der Waals surface area contributed by atoms with Crippen molar-refractivity contribution in [1.29, 1.82) is 0 Å². The minimum Gasteiger partial charge on any atom is -0.451 e. The number of thiocarbonyl (C=S) groups is 2. The van der Waals surface area contributed by atoms with E-state index in [0.29, 0.717) is 10.2 Å². The van der Waals surface area contributed by atoms with Crippen LogP contribution in [0, 0.1) is 0 Å². The molecule has 3 nitrogen and oxygen atoms in total. The van der Waals surface area contributed by atoms with Gasteiger partial charge in [-0.3, -0.25) is 0 Å². The van der Waals surface area contributed by atoms with E-state index < -0.39 is 0 Å². The highest BCUT2D eigenvalue weighted by Gasteiger charge is 2.23. The largest absolute Gasteiger partial charge is 0.451 e. The minimum atomic E-state index is -0.147. The Labute approximate surface area is 160 Å². The van der Waals surface area contributed by atoms with Crippen molar-refractivity contribution in [3.63, 3.8) is 0 Å². The van der Waals surface area contributed by atoms with Crippen LogP contribution < -0.4 is 9.47 Å². The Bertz CT molecular complexity index is 750. The highest BCUT2D eigenvalue weighted by atomic mass is 32.1. The molecule has 0 atom stereocenters. The summed E-state index contributed by atoms with van der Waals surface area (Å²) in [7, 11) is 3.72. The standard InChI is InChI=1S/C20H23NO2S2/c1-14(24)22-17-10-6-15(7-11-17)20(2,3)16-8-12-18(13-9-16)23-19(25)21(4)5/h6-13H,1-5H3. The summed E-state index contributed by atoms with van der Waals surface area (Å²) in [5.74, 6) is 1.49. The van der Waals surface area contributed by atoms with Gasteiger partial charge in [0.2, 0.25) is 0 Å². The lowest BCUT2D eigenvalue weighted by Crippen LogP contribution is -2.25. The molecular formula is C20H23NO2S2. The number of rotatable bonds is 4. The second-order valence-corrected chi connectivity index (χ2v) is 7.45. The number of hydrogen-bond donors (Lipinski definition) is 0. The first-order valence-corrected chi connectivity index (χ1v) is 8.80. The van der Waals surface area contributed by atoms with Gasteiger partial charge >= 0.3 is 0 Å². The van der Waals surface area contributed by atoms with Gasteiger partial charge < -0.3 is 14.4 Å². The highest BCUT2D eigenvalue weighted by molar-refractivity contribution is 7.80. The van der Waals surface area contributed by atoms with E-state index >= 15 is 0 Å². The van der Waals surface area contributed by atoms with Crippen LogP contribution in [0.2, 0.25) is 0 Å². The topological polar surface area (TPSA) is 21.7 Å². The van der Waals surface area contributed by atoms with Crippen LogP contribution in [-0.2, 0) is 5.41 Å². The van der Waals surface area contributed by atoms with E-state index in [1.165, 1.54) is 11.1 Å². The molecule has 0 aliphatic carbocycles. The van der Waals surface area contributed by atoms with Gasteiger partial charge in [-0.05, 0) is 59.8 Å². The summed E-state index contributed by atoms with van der Waals surface area (Å²) < 4.78 is 11.1. The van der Waals surface area contributed by atoms with Crippen molar-refractivity contribution in [2.24, 2.45) is 0 Å². The maximum absolute atomic E-state index is 5.63. The van der Waals surface area contributed by atoms with E-state index in [2.05, 4.69) is 38.1 Å². The summed E-state index contributed by atoms with van der Waals surface area (Å²) in [5, 5.41) is 0.953. The van der Waals surface area contributed by atoms with Crippen LogP contribution in [0.3, 0.4) is 0 Å². The molecule has 25 heavy (non-hydrogen) atoms. The summed E-state index contributed by atoms with van der Waals surface area (Å²) >= 11 is 10.1. The Morgan fingerprint density at radius 3 is 1.56 bits per heavy atom. The summed E-state index contributed by atoms with van der Waals surface area (Å²) in [4.78, 5) is 1.76. The van der Waals surface area contributed by atoms with Gasteiger partial charge in [-0.15, -0.1) is 0 Å².